The maximum atomic E-state index is 13.9. The largest absolute Gasteiger partial charge is 0.514 e. The number of carbonyl (C=O) groups excluding carboxylic acids is 2. The van der Waals surface area contributed by atoms with Gasteiger partial charge < -0.3 is 28.1 Å². The van der Waals surface area contributed by atoms with Crippen molar-refractivity contribution in [3.05, 3.63) is 103 Å². The highest BCUT2D eigenvalue weighted by Gasteiger charge is 2.46. The van der Waals surface area contributed by atoms with Gasteiger partial charge in [0, 0.05) is 6.54 Å². The first-order chi connectivity index (χ1) is 23.8. The van der Waals surface area contributed by atoms with Gasteiger partial charge in [-0.05, 0) is 74.4 Å². The molecule has 0 saturated heterocycles. The maximum Gasteiger partial charge on any atom is 0.514 e. The second kappa shape index (κ2) is 21.4. The van der Waals surface area contributed by atoms with E-state index in [1.807, 2.05) is 24.3 Å². The molecule has 0 N–H and O–H groups in total. The predicted molar refractivity (Wildman–Crippen MR) is 206 cm³/mol. The molecule has 1 atom stereocenters. The average molecular weight is 773 g/mol. The van der Waals surface area contributed by atoms with Crippen molar-refractivity contribution in [2.75, 3.05) is 33.0 Å². The van der Waals surface area contributed by atoms with Gasteiger partial charge in [0.25, 0.3) is 0 Å². The predicted octanol–water partition coefficient (Wildman–Crippen LogP) is 10.2. The van der Waals surface area contributed by atoms with Crippen molar-refractivity contribution in [1.29, 1.82) is 0 Å². The number of hydrogen-bond acceptors (Lipinski definition) is 8. The van der Waals surface area contributed by atoms with E-state index >= 15 is 0 Å². The zero-order valence-corrected chi connectivity index (χ0v) is 33.0. The number of nitrogens with zero attached hydrogens (tertiary/aromatic N) is 1. The summed E-state index contributed by atoms with van der Waals surface area (Å²) < 4.78 is 35.6. The van der Waals surface area contributed by atoms with E-state index in [0.29, 0.717) is 44.8 Å². The monoisotopic (exact) mass is 771 g/mol. The summed E-state index contributed by atoms with van der Waals surface area (Å²) in [5.41, 5.74) is 2.67. The molecule has 0 aromatic heterocycles. The minimum Gasteiger partial charge on any atom is -0.488 e. The highest BCUT2D eigenvalue weighted by Crippen LogP contribution is 2.43. The molecule has 0 spiro atoms. The lowest BCUT2D eigenvalue weighted by Gasteiger charge is -2.44. The van der Waals surface area contributed by atoms with Gasteiger partial charge in [0.05, 0.1) is 12.6 Å². The van der Waals surface area contributed by atoms with Crippen LogP contribution in [-0.2, 0) is 26.9 Å². The summed E-state index contributed by atoms with van der Waals surface area (Å²) in [6, 6.07) is 10.4. The second-order valence-electron chi connectivity index (χ2n) is 12.7. The van der Waals surface area contributed by atoms with E-state index in [9.17, 15) is 9.59 Å². The Morgan fingerprint density at radius 1 is 0.760 bits per heavy atom. The molecule has 2 aromatic carbocycles. The van der Waals surface area contributed by atoms with Gasteiger partial charge in [0.1, 0.15) is 48.1 Å². The fourth-order valence-corrected chi connectivity index (χ4v) is 12.1. The van der Waals surface area contributed by atoms with Crippen LogP contribution in [0.5, 0.6) is 17.2 Å². The summed E-state index contributed by atoms with van der Waals surface area (Å²) in [7, 11) is -2.34. The van der Waals surface area contributed by atoms with Gasteiger partial charge in [-0.15, -0.1) is 0 Å². The third-order valence-corrected chi connectivity index (χ3v) is 15.1. The Balaban J connectivity index is 2.64. The summed E-state index contributed by atoms with van der Waals surface area (Å²) >= 11 is 3.60. The van der Waals surface area contributed by atoms with Crippen LogP contribution in [0, 0.1) is 0 Å². The Labute approximate surface area is 308 Å². The lowest BCUT2D eigenvalue weighted by Crippen LogP contribution is -2.52. The zero-order valence-electron chi connectivity index (χ0n) is 30.5. The first-order valence-electron chi connectivity index (χ1n) is 16.9. The normalized spacial score (nSPS) is 11.9. The van der Waals surface area contributed by atoms with E-state index in [1.54, 1.807) is 29.2 Å². The molecule has 0 bridgehead atoms. The third-order valence-electron chi connectivity index (χ3n) is 8.28. The van der Waals surface area contributed by atoms with Crippen LogP contribution in [0.2, 0.25) is 16.6 Å². The van der Waals surface area contributed by atoms with Crippen molar-refractivity contribution in [2.24, 2.45) is 0 Å². The fourth-order valence-electron chi connectivity index (χ4n) is 6.20. The number of ether oxygens (including phenoxy) is 5. The molecule has 2 rings (SSSR count). The van der Waals surface area contributed by atoms with Crippen LogP contribution in [0.25, 0.3) is 0 Å². The van der Waals surface area contributed by atoms with Gasteiger partial charge in [0.2, 0.25) is 0 Å². The van der Waals surface area contributed by atoms with Gasteiger partial charge in [0.15, 0.2) is 8.32 Å². The van der Waals surface area contributed by atoms with Crippen molar-refractivity contribution in [3.63, 3.8) is 0 Å². The minimum atomic E-state index is -2.34. The van der Waals surface area contributed by atoms with E-state index in [0.717, 1.165) is 11.1 Å². The molecule has 0 saturated carbocycles. The Morgan fingerprint density at radius 3 is 1.74 bits per heavy atom. The van der Waals surface area contributed by atoms with Crippen LogP contribution in [0.1, 0.15) is 52.7 Å². The summed E-state index contributed by atoms with van der Waals surface area (Å²) in [6.07, 6.45) is 5.41. The van der Waals surface area contributed by atoms with Gasteiger partial charge in [-0.2, -0.15) is 0 Å². The van der Waals surface area contributed by atoms with E-state index in [2.05, 4.69) is 83.8 Å². The van der Waals surface area contributed by atoms with E-state index in [4.69, 9.17) is 28.1 Å². The van der Waals surface area contributed by atoms with E-state index in [1.165, 1.54) is 12.2 Å². The Bertz CT molecular complexity index is 1370. The first kappa shape index (κ1) is 42.4. The SMILES string of the molecule is C=CCOC(=O)Oc1ccc(C[C@@H](CO[Si](C(C)C)(C(C)C)C(C)C)N(Cc2cc(OCC=C)c(Br)c(OCC=C)c2)C(=O)OCC=C)cc1. The Hall–Kier alpha value is -3.80. The summed E-state index contributed by atoms with van der Waals surface area (Å²) in [6.45, 7) is 29.3. The lowest BCUT2D eigenvalue weighted by atomic mass is 10.0. The van der Waals surface area contributed by atoms with Gasteiger partial charge in [-0.1, -0.05) is 104 Å². The number of amides is 1. The quantitative estimate of drug-likeness (QED) is 0.0506. The van der Waals surface area contributed by atoms with Crippen molar-refractivity contribution in [2.45, 2.75) is 77.2 Å². The zero-order chi connectivity index (χ0) is 37.3. The molecular formula is C39H54BrNO8Si. The van der Waals surface area contributed by atoms with Gasteiger partial charge >= 0.3 is 12.2 Å². The molecule has 0 aliphatic carbocycles. The van der Waals surface area contributed by atoms with Crippen molar-refractivity contribution >= 4 is 36.5 Å². The molecular weight excluding hydrogens is 718 g/mol. The van der Waals surface area contributed by atoms with Gasteiger partial charge in [-0.3, -0.25) is 4.90 Å². The number of hydrogen-bond donors (Lipinski definition) is 0. The molecule has 0 radical (unpaired) electrons. The standard InChI is InChI=1S/C39H54BrNO8Si/c1-11-19-44-35-24-32(25-36(37(35)40)45-20-12-2)26-41(38(42)46-21-13-3)33(27-48-50(28(5)6,29(7)8)30(9)10)23-31-15-17-34(18-16-31)49-39(43)47-22-14-4/h11-18,24-25,28-30,33H,1-4,19-23,26-27H2,5-10H3/t33-/m0/s1. The van der Waals surface area contributed by atoms with Crippen LogP contribution in [0.4, 0.5) is 9.59 Å². The first-order valence-corrected chi connectivity index (χ1v) is 19.8. The van der Waals surface area contributed by atoms with E-state index < -0.39 is 26.6 Å². The topological polar surface area (TPSA) is 92.8 Å². The summed E-state index contributed by atoms with van der Waals surface area (Å²) in [5, 5.41) is 0. The molecule has 0 fully saturated rings. The minimum absolute atomic E-state index is 0.0430. The molecule has 11 heteroatoms. The Morgan fingerprint density at radius 2 is 1.26 bits per heavy atom. The van der Waals surface area contributed by atoms with E-state index in [-0.39, 0.29) is 39.6 Å². The van der Waals surface area contributed by atoms with Crippen LogP contribution < -0.4 is 14.2 Å². The summed E-state index contributed by atoms with van der Waals surface area (Å²) in [5.74, 6) is 1.42. The van der Waals surface area contributed by atoms with Crippen molar-refractivity contribution in [1.82, 2.24) is 4.90 Å². The second-order valence-corrected chi connectivity index (χ2v) is 18.9. The number of halogens is 1. The number of rotatable bonds is 22. The summed E-state index contributed by atoms with van der Waals surface area (Å²) in [4.78, 5) is 27.6. The molecule has 0 unspecified atom stereocenters. The fraction of sp³-hybridized carbons (Fsp3) is 0.436. The maximum absolute atomic E-state index is 13.9. The van der Waals surface area contributed by atoms with Crippen molar-refractivity contribution in [3.8, 4) is 17.2 Å². The smallest absolute Gasteiger partial charge is 0.488 e. The molecule has 9 nitrogen and oxygen atoms in total. The number of carbonyl (C=O) groups is 2. The van der Waals surface area contributed by atoms with Crippen LogP contribution in [0.15, 0.2) is 91.5 Å². The van der Waals surface area contributed by atoms with Crippen LogP contribution in [0.3, 0.4) is 0 Å². The van der Waals surface area contributed by atoms with Gasteiger partial charge in [-0.25, -0.2) is 9.59 Å². The van der Waals surface area contributed by atoms with Crippen LogP contribution in [-0.4, -0.2) is 64.5 Å². The third kappa shape index (κ3) is 12.2. The molecule has 50 heavy (non-hydrogen) atoms. The number of benzene rings is 2. The lowest BCUT2D eigenvalue weighted by molar-refractivity contribution is 0.0726. The van der Waals surface area contributed by atoms with Crippen LogP contribution >= 0.6 is 15.9 Å². The highest BCUT2D eigenvalue weighted by molar-refractivity contribution is 9.10. The Kier molecular flexibility index (Phi) is 18.2. The molecule has 0 aliphatic rings. The van der Waals surface area contributed by atoms with Crippen molar-refractivity contribution < 1.29 is 37.7 Å². The average Bonchev–Trinajstić information content (AvgIpc) is 3.08. The molecule has 274 valence electrons. The molecule has 0 heterocycles. The molecule has 1 amide bonds. The highest BCUT2D eigenvalue weighted by atomic mass is 79.9. The molecule has 0 aliphatic heterocycles. The molecule has 2 aromatic rings.